The van der Waals surface area contributed by atoms with Gasteiger partial charge in [-0.25, -0.2) is 8.42 Å². The maximum absolute atomic E-state index is 13.5. The molecule has 34 heavy (non-hydrogen) atoms. The summed E-state index contributed by atoms with van der Waals surface area (Å²) >= 11 is 12.2. The van der Waals surface area contributed by atoms with Crippen LogP contribution in [0.2, 0.25) is 10.0 Å². The maximum Gasteiger partial charge on any atom is 0.244 e. The van der Waals surface area contributed by atoms with E-state index in [0.717, 1.165) is 28.1 Å². The van der Waals surface area contributed by atoms with Crippen molar-refractivity contribution in [2.24, 2.45) is 0 Å². The number of halogens is 2. The molecule has 0 bridgehead atoms. The Balaban J connectivity index is 2.39. The van der Waals surface area contributed by atoms with Crippen molar-refractivity contribution in [1.82, 2.24) is 10.2 Å². The molecule has 2 amide bonds. The van der Waals surface area contributed by atoms with Crippen LogP contribution in [0.4, 0.5) is 5.69 Å². The Morgan fingerprint density at radius 2 is 1.68 bits per heavy atom. The highest BCUT2D eigenvalue weighted by molar-refractivity contribution is 7.92. The van der Waals surface area contributed by atoms with Gasteiger partial charge in [0.2, 0.25) is 21.8 Å². The molecule has 0 spiro atoms. The lowest BCUT2D eigenvalue weighted by atomic mass is 10.1. The zero-order chi connectivity index (χ0) is 25.6. The molecule has 0 fully saturated rings. The van der Waals surface area contributed by atoms with Crippen molar-refractivity contribution in [2.45, 2.75) is 52.7 Å². The van der Waals surface area contributed by atoms with E-state index in [2.05, 4.69) is 5.32 Å². The van der Waals surface area contributed by atoms with Crippen LogP contribution in [0, 0.1) is 6.92 Å². The molecule has 2 rings (SSSR count). The third-order valence-electron chi connectivity index (χ3n) is 5.56. The number of nitrogens with one attached hydrogen (secondary N) is 1. The van der Waals surface area contributed by atoms with Crippen LogP contribution in [-0.4, -0.2) is 50.0 Å². The van der Waals surface area contributed by atoms with Crippen molar-refractivity contribution in [3.8, 4) is 0 Å². The van der Waals surface area contributed by atoms with Gasteiger partial charge in [0.05, 0.1) is 11.9 Å². The van der Waals surface area contributed by atoms with Crippen molar-refractivity contribution in [1.29, 1.82) is 0 Å². The summed E-state index contributed by atoms with van der Waals surface area (Å²) in [5.41, 5.74) is 1.81. The summed E-state index contributed by atoms with van der Waals surface area (Å²) in [5, 5.41) is 3.82. The maximum atomic E-state index is 13.5. The van der Waals surface area contributed by atoms with Gasteiger partial charge >= 0.3 is 0 Å². The topological polar surface area (TPSA) is 86.8 Å². The lowest BCUT2D eigenvalue weighted by Gasteiger charge is -2.32. The summed E-state index contributed by atoms with van der Waals surface area (Å²) in [7, 11) is -3.81. The number of anilines is 1. The number of benzene rings is 2. The zero-order valence-corrected chi connectivity index (χ0v) is 22.3. The molecule has 186 valence electrons. The molecule has 0 saturated carbocycles. The average Bonchev–Trinajstić information content (AvgIpc) is 2.77. The summed E-state index contributed by atoms with van der Waals surface area (Å²) in [4.78, 5) is 27.7. The Bertz CT molecular complexity index is 1120. The first-order chi connectivity index (χ1) is 15.8. The van der Waals surface area contributed by atoms with Crippen LogP contribution in [0.15, 0.2) is 42.5 Å². The van der Waals surface area contributed by atoms with Crippen LogP contribution in [-0.2, 0) is 26.2 Å². The highest BCUT2D eigenvalue weighted by Gasteiger charge is 2.30. The molecule has 0 unspecified atom stereocenters. The molecule has 0 aliphatic heterocycles. The molecule has 2 atom stereocenters. The summed E-state index contributed by atoms with van der Waals surface area (Å²) in [6, 6.07) is 10.8. The molecule has 10 heteroatoms. The largest absolute Gasteiger partial charge is 0.352 e. The quantitative estimate of drug-likeness (QED) is 0.495. The van der Waals surface area contributed by atoms with E-state index in [4.69, 9.17) is 23.2 Å². The standard InChI is InChI=1S/C24H31Cl2N3O4S/c1-6-17(3)27-24(31)18(4)28(14-19-8-10-20(25)11-9-19)23(30)15-29(34(5,32)33)21-12-7-16(2)22(26)13-21/h7-13,17-18H,6,14-15H2,1-5H3,(H,27,31)/t17-,18-/m0/s1. The number of hydrogen-bond acceptors (Lipinski definition) is 4. The molecule has 0 heterocycles. The van der Waals surface area contributed by atoms with E-state index in [0.29, 0.717) is 10.0 Å². The third-order valence-corrected chi connectivity index (χ3v) is 7.36. The SMILES string of the molecule is CC[C@H](C)NC(=O)[C@H](C)N(Cc1ccc(Cl)cc1)C(=O)CN(c1ccc(C)c(Cl)c1)S(C)(=O)=O. The molecule has 0 aromatic heterocycles. The van der Waals surface area contributed by atoms with Crippen molar-refractivity contribution < 1.29 is 18.0 Å². The summed E-state index contributed by atoms with van der Waals surface area (Å²) in [5.74, 6) is -0.843. The molecule has 2 aromatic rings. The Hall–Kier alpha value is -2.29. The second-order valence-electron chi connectivity index (χ2n) is 8.35. The minimum Gasteiger partial charge on any atom is -0.352 e. The fourth-order valence-electron chi connectivity index (χ4n) is 3.19. The Labute approximate surface area is 212 Å². The monoisotopic (exact) mass is 527 g/mol. The molecule has 0 radical (unpaired) electrons. The highest BCUT2D eigenvalue weighted by Crippen LogP contribution is 2.25. The fourth-order valence-corrected chi connectivity index (χ4v) is 4.33. The van der Waals surface area contributed by atoms with Crippen LogP contribution in [0.25, 0.3) is 0 Å². The molecule has 2 aromatic carbocycles. The number of hydrogen-bond donors (Lipinski definition) is 1. The van der Waals surface area contributed by atoms with Gasteiger partial charge in [-0.1, -0.05) is 48.3 Å². The second kappa shape index (κ2) is 11.9. The summed E-state index contributed by atoms with van der Waals surface area (Å²) < 4.78 is 26.2. The molecule has 0 aliphatic carbocycles. The number of carbonyl (C=O) groups excluding carboxylic acids is 2. The van der Waals surface area contributed by atoms with E-state index in [1.807, 2.05) is 13.8 Å². The van der Waals surface area contributed by atoms with Gasteiger partial charge in [0, 0.05) is 22.6 Å². The second-order valence-corrected chi connectivity index (χ2v) is 11.1. The zero-order valence-electron chi connectivity index (χ0n) is 20.0. The number of aryl methyl sites for hydroxylation is 1. The van der Waals surface area contributed by atoms with Gasteiger partial charge in [0.25, 0.3) is 0 Å². The summed E-state index contributed by atoms with van der Waals surface area (Å²) in [6.45, 7) is 6.88. The van der Waals surface area contributed by atoms with E-state index >= 15 is 0 Å². The summed E-state index contributed by atoms with van der Waals surface area (Å²) in [6.07, 6.45) is 1.76. The number of nitrogens with zero attached hydrogens (tertiary/aromatic N) is 2. The highest BCUT2D eigenvalue weighted by atomic mass is 35.5. The van der Waals surface area contributed by atoms with E-state index in [1.165, 1.54) is 11.0 Å². The fraction of sp³-hybridized carbons (Fsp3) is 0.417. The molecular weight excluding hydrogens is 497 g/mol. The van der Waals surface area contributed by atoms with Gasteiger partial charge in [-0.3, -0.25) is 13.9 Å². The lowest BCUT2D eigenvalue weighted by molar-refractivity contribution is -0.139. The van der Waals surface area contributed by atoms with Gasteiger partial charge in [-0.15, -0.1) is 0 Å². The van der Waals surface area contributed by atoms with Gasteiger partial charge < -0.3 is 10.2 Å². The van der Waals surface area contributed by atoms with Crippen molar-refractivity contribution in [3.63, 3.8) is 0 Å². The number of amides is 2. The smallest absolute Gasteiger partial charge is 0.244 e. The van der Waals surface area contributed by atoms with Crippen molar-refractivity contribution in [3.05, 3.63) is 63.6 Å². The average molecular weight is 529 g/mol. The van der Waals surface area contributed by atoms with E-state index in [1.54, 1.807) is 50.2 Å². The van der Waals surface area contributed by atoms with Gasteiger partial charge in [-0.2, -0.15) is 0 Å². The van der Waals surface area contributed by atoms with Crippen LogP contribution in [0.3, 0.4) is 0 Å². The van der Waals surface area contributed by atoms with Crippen LogP contribution < -0.4 is 9.62 Å². The first-order valence-corrected chi connectivity index (χ1v) is 13.5. The molecule has 1 N–H and O–H groups in total. The van der Waals surface area contributed by atoms with Gasteiger partial charge in [-0.05, 0) is 62.6 Å². The van der Waals surface area contributed by atoms with Gasteiger partial charge in [0.1, 0.15) is 12.6 Å². The van der Waals surface area contributed by atoms with Crippen LogP contribution in [0.1, 0.15) is 38.3 Å². The minimum atomic E-state index is -3.81. The predicted molar refractivity (Wildman–Crippen MR) is 138 cm³/mol. The first-order valence-electron chi connectivity index (χ1n) is 10.9. The first kappa shape index (κ1) is 28.0. The molecule has 0 aliphatic rings. The Morgan fingerprint density at radius 1 is 1.06 bits per heavy atom. The van der Waals surface area contributed by atoms with Crippen molar-refractivity contribution >= 4 is 50.7 Å². The lowest BCUT2D eigenvalue weighted by Crippen LogP contribution is -2.52. The van der Waals surface area contributed by atoms with E-state index in [9.17, 15) is 18.0 Å². The predicted octanol–water partition coefficient (Wildman–Crippen LogP) is 4.40. The van der Waals surface area contributed by atoms with Crippen LogP contribution >= 0.6 is 23.2 Å². The normalized spacial score (nSPS) is 13.1. The third kappa shape index (κ3) is 7.61. The minimum absolute atomic E-state index is 0.0651. The number of rotatable bonds is 10. The van der Waals surface area contributed by atoms with E-state index < -0.39 is 28.5 Å². The van der Waals surface area contributed by atoms with Gasteiger partial charge in [0.15, 0.2) is 0 Å². The number of carbonyl (C=O) groups is 2. The Morgan fingerprint density at radius 3 is 2.21 bits per heavy atom. The molecule has 7 nitrogen and oxygen atoms in total. The number of sulfonamides is 1. The van der Waals surface area contributed by atoms with E-state index in [-0.39, 0.29) is 24.2 Å². The Kier molecular flexibility index (Phi) is 9.79. The van der Waals surface area contributed by atoms with Crippen molar-refractivity contribution in [2.75, 3.05) is 17.1 Å². The molecule has 0 saturated heterocycles. The molecular formula is C24H31Cl2N3O4S. The van der Waals surface area contributed by atoms with Crippen LogP contribution in [0.5, 0.6) is 0 Å².